The lowest BCUT2D eigenvalue weighted by Crippen LogP contribution is -2.39. The molecule has 0 saturated heterocycles. The van der Waals surface area contributed by atoms with Gasteiger partial charge >= 0.3 is 0 Å². The normalized spacial score (nSPS) is 56.7. The predicted octanol–water partition coefficient (Wildman–Crippen LogP) is 0.0709. The number of hydrogen-bond donors (Lipinski definition) is 2. The summed E-state index contributed by atoms with van der Waals surface area (Å²) in [5.74, 6) is 1.54. The first-order valence-corrected chi connectivity index (χ1v) is 3.78. The van der Waals surface area contributed by atoms with Gasteiger partial charge in [0.25, 0.3) is 0 Å². The maximum Gasteiger partial charge on any atom is 0.00846 e. The standard InChI is InChI=1S/C7H14N2/c8-6-2-4-1-5(6)7(9)3-4/h4-7H,1-3,8-9H2. The minimum Gasteiger partial charge on any atom is -0.327 e. The van der Waals surface area contributed by atoms with E-state index >= 15 is 0 Å². The molecule has 2 unspecified atom stereocenters. The monoisotopic (exact) mass is 126 g/mol. The van der Waals surface area contributed by atoms with E-state index in [1.807, 2.05) is 0 Å². The van der Waals surface area contributed by atoms with Crippen LogP contribution in [-0.2, 0) is 0 Å². The molecule has 4 N–H and O–H groups in total. The van der Waals surface area contributed by atoms with Crippen LogP contribution < -0.4 is 11.5 Å². The molecule has 2 atom stereocenters. The van der Waals surface area contributed by atoms with Crippen molar-refractivity contribution in [2.75, 3.05) is 0 Å². The molecule has 2 aliphatic rings. The maximum absolute atomic E-state index is 5.83. The second kappa shape index (κ2) is 1.70. The van der Waals surface area contributed by atoms with Gasteiger partial charge in [-0.05, 0) is 31.1 Å². The molecule has 2 nitrogen and oxygen atoms in total. The van der Waals surface area contributed by atoms with Crippen LogP contribution in [0.5, 0.6) is 0 Å². The van der Waals surface area contributed by atoms with Crippen molar-refractivity contribution in [2.24, 2.45) is 23.3 Å². The minimum atomic E-state index is 0.429. The molecule has 2 fully saturated rings. The summed E-state index contributed by atoms with van der Waals surface area (Å²) in [5.41, 5.74) is 11.7. The fourth-order valence-corrected chi connectivity index (χ4v) is 2.46. The molecule has 2 saturated carbocycles. The van der Waals surface area contributed by atoms with Gasteiger partial charge in [-0.1, -0.05) is 0 Å². The highest BCUT2D eigenvalue weighted by atomic mass is 14.8. The van der Waals surface area contributed by atoms with Crippen molar-refractivity contribution >= 4 is 0 Å². The van der Waals surface area contributed by atoms with Crippen LogP contribution in [0.3, 0.4) is 0 Å². The molecule has 0 spiro atoms. The van der Waals surface area contributed by atoms with Crippen molar-refractivity contribution in [3.63, 3.8) is 0 Å². The molecule has 0 aromatic carbocycles. The summed E-state index contributed by atoms with van der Waals surface area (Å²) in [6.45, 7) is 0. The van der Waals surface area contributed by atoms with Gasteiger partial charge in [0.2, 0.25) is 0 Å². The molecular formula is C7H14N2. The van der Waals surface area contributed by atoms with Crippen LogP contribution in [0.4, 0.5) is 0 Å². The highest BCUT2D eigenvalue weighted by Crippen LogP contribution is 2.42. The van der Waals surface area contributed by atoms with Gasteiger partial charge in [-0.15, -0.1) is 0 Å². The Labute approximate surface area is 55.6 Å². The van der Waals surface area contributed by atoms with E-state index in [-0.39, 0.29) is 0 Å². The SMILES string of the molecule is NC1CC2CC(N)C1C2. The Bertz CT molecular complexity index is 112. The molecule has 0 heterocycles. The van der Waals surface area contributed by atoms with Crippen molar-refractivity contribution < 1.29 is 0 Å². The third kappa shape index (κ3) is 0.700. The van der Waals surface area contributed by atoms with Gasteiger partial charge in [0.05, 0.1) is 0 Å². The third-order valence-electron chi connectivity index (χ3n) is 2.92. The minimum absolute atomic E-state index is 0.429. The van der Waals surface area contributed by atoms with Crippen molar-refractivity contribution in [1.82, 2.24) is 0 Å². The van der Waals surface area contributed by atoms with Gasteiger partial charge in [0, 0.05) is 12.1 Å². The Balaban J connectivity index is 2.13. The van der Waals surface area contributed by atoms with Gasteiger partial charge < -0.3 is 11.5 Å². The summed E-state index contributed by atoms with van der Waals surface area (Å²) < 4.78 is 0. The van der Waals surface area contributed by atoms with E-state index in [2.05, 4.69) is 0 Å². The Morgan fingerprint density at radius 1 is 0.889 bits per heavy atom. The molecule has 0 radical (unpaired) electrons. The average molecular weight is 126 g/mol. The van der Waals surface area contributed by atoms with Crippen LogP contribution in [0, 0.1) is 11.8 Å². The predicted molar refractivity (Wildman–Crippen MR) is 36.8 cm³/mol. The zero-order valence-corrected chi connectivity index (χ0v) is 5.59. The van der Waals surface area contributed by atoms with Crippen LogP contribution in [0.25, 0.3) is 0 Å². The van der Waals surface area contributed by atoms with Gasteiger partial charge in [-0.25, -0.2) is 0 Å². The molecule has 52 valence electrons. The molecule has 9 heavy (non-hydrogen) atoms. The first-order valence-electron chi connectivity index (χ1n) is 3.78. The van der Waals surface area contributed by atoms with Crippen molar-refractivity contribution in [2.45, 2.75) is 31.3 Å². The maximum atomic E-state index is 5.83. The molecule has 2 aliphatic carbocycles. The zero-order valence-electron chi connectivity index (χ0n) is 5.59. The van der Waals surface area contributed by atoms with Crippen molar-refractivity contribution in [3.8, 4) is 0 Å². The van der Waals surface area contributed by atoms with E-state index in [0.717, 1.165) is 5.92 Å². The van der Waals surface area contributed by atoms with Crippen LogP contribution in [0.15, 0.2) is 0 Å². The van der Waals surface area contributed by atoms with E-state index in [1.54, 1.807) is 0 Å². The molecule has 2 rings (SSSR count). The fraction of sp³-hybridized carbons (Fsp3) is 1.00. The lowest BCUT2D eigenvalue weighted by Gasteiger charge is -2.22. The first-order chi connectivity index (χ1) is 4.27. The van der Waals surface area contributed by atoms with Gasteiger partial charge in [0.15, 0.2) is 0 Å². The van der Waals surface area contributed by atoms with E-state index in [1.165, 1.54) is 19.3 Å². The summed E-state index contributed by atoms with van der Waals surface area (Å²) in [6, 6.07) is 0.859. The van der Waals surface area contributed by atoms with Crippen molar-refractivity contribution in [1.29, 1.82) is 0 Å². The number of rotatable bonds is 0. The number of hydrogen-bond acceptors (Lipinski definition) is 2. The first kappa shape index (κ1) is 5.69. The summed E-state index contributed by atoms with van der Waals surface area (Å²) >= 11 is 0. The highest BCUT2D eigenvalue weighted by molar-refractivity contribution is 4.99. The molecule has 0 aromatic rings. The van der Waals surface area contributed by atoms with E-state index in [9.17, 15) is 0 Å². The Hall–Kier alpha value is -0.0800. The Kier molecular flexibility index (Phi) is 1.08. The van der Waals surface area contributed by atoms with Gasteiger partial charge in [0.1, 0.15) is 0 Å². The molecular weight excluding hydrogens is 112 g/mol. The molecule has 0 aromatic heterocycles. The number of fused-ring (bicyclic) bond motifs is 2. The lowest BCUT2D eigenvalue weighted by atomic mass is 9.92. The largest absolute Gasteiger partial charge is 0.327 e. The smallest absolute Gasteiger partial charge is 0.00846 e. The van der Waals surface area contributed by atoms with E-state index in [0.29, 0.717) is 18.0 Å². The average Bonchev–Trinajstić information content (AvgIpc) is 2.22. The van der Waals surface area contributed by atoms with Crippen LogP contribution in [0.2, 0.25) is 0 Å². The van der Waals surface area contributed by atoms with Crippen LogP contribution >= 0.6 is 0 Å². The van der Waals surface area contributed by atoms with Crippen LogP contribution in [0.1, 0.15) is 19.3 Å². The third-order valence-corrected chi connectivity index (χ3v) is 2.92. The fourth-order valence-electron chi connectivity index (χ4n) is 2.46. The van der Waals surface area contributed by atoms with Gasteiger partial charge in [-0.3, -0.25) is 0 Å². The second-order valence-electron chi connectivity index (χ2n) is 3.56. The quantitative estimate of drug-likeness (QED) is 0.482. The lowest BCUT2D eigenvalue weighted by molar-refractivity contribution is 0.368. The van der Waals surface area contributed by atoms with E-state index in [4.69, 9.17) is 11.5 Å². The Morgan fingerprint density at radius 2 is 1.44 bits per heavy atom. The molecule has 2 heteroatoms. The topological polar surface area (TPSA) is 52.0 Å². The summed E-state index contributed by atoms with van der Waals surface area (Å²) in [6.07, 6.45) is 3.78. The van der Waals surface area contributed by atoms with Crippen LogP contribution in [-0.4, -0.2) is 12.1 Å². The van der Waals surface area contributed by atoms with Gasteiger partial charge in [-0.2, -0.15) is 0 Å². The molecule has 0 amide bonds. The van der Waals surface area contributed by atoms with Crippen molar-refractivity contribution in [3.05, 3.63) is 0 Å². The highest BCUT2D eigenvalue weighted by Gasteiger charge is 2.42. The Morgan fingerprint density at radius 3 is 1.67 bits per heavy atom. The molecule has 0 aliphatic heterocycles. The summed E-state index contributed by atoms with van der Waals surface area (Å²) in [7, 11) is 0. The van der Waals surface area contributed by atoms with E-state index < -0.39 is 0 Å². The summed E-state index contributed by atoms with van der Waals surface area (Å²) in [5, 5.41) is 0. The summed E-state index contributed by atoms with van der Waals surface area (Å²) in [4.78, 5) is 0. The number of nitrogens with two attached hydrogens (primary N) is 2. The molecule has 2 bridgehead atoms. The second-order valence-corrected chi connectivity index (χ2v) is 3.56. The zero-order chi connectivity index (χ0) is 6.43.